The lowest BCUT2D eigenvalue weighted by Crippen LogP contribution is -2.38. The van der Waals surface area contributed by atoms with E-state index in [1.165, 1.54) is 18.2 Å². The van der Waals surface area contributed by atoms with E-state index in [-0.39, 0.29) is 16.7 Å². The molecule has 0 aliphatic heterocycles. The van der Waals surface area contributed by atoms with E-state index in [0.29, 0.717) is 5.92 Å². The van der Waals surface area contributed by atoms with Crippen LogP contribution in [0.2, 0.25) is 0 Å². The Hall–Kier alpha value is -0.940. The van der Waals surface area contributed by atoms with Crippen LogP contribution in [0, 0.1) is 11.7 Å². The lowest BCUT2D eigenvalue weighted by atomic mass is 10.2. The van der Waals surface area contributed by atoms with Crippen molar-refractivity contribution in [3.63, 3.8) is 0 Å². The second-order valence-corrected chi connectivity index (χ2v) is 7.11. The molecule has 1 aliphatic rings. The molecular weight excluding hydrogens is 265 g/mol. The highest BCUT2D eigenvalue weighted by molar-refractivity contribution is 7.91. The maximum absolute atomic E-state index is 13.6. The average Bonchev–Trinajstić information content (AvgIpc) is 3.19. The van der Waals surface area contributed by atoms with Gasteiger partial charge >= 0.3 is 0 Å². The van der Waals surface area contributed by atoms with Crippen molar-refractivity contribution < 1.29 is 12.8 Å². The molecule has 0 radical (unpaired) electrons. The molecule has 1 saturated carbocycles. The fourth-order valence-corrected chi connectivity index (χ4v) is 3.91. The Morgan fingerprint density at radius 2 is 2.05 bits per heavy atom. The van der Waals surface area contributed by atoms with E-state index < -0.39 is 15.7 Å². The van der Waals surface area contributed by atoms with E-state index in [9.17, 15) is 12.8 Å². The van der Waals surface area contributed by atoms with E-state index in [1.54, 1.807) is 6.07 Å². The van der Waals surface area contributed by atoms with Crippen LogP contribution in [0.3, 0.4) is 0 Å². The molecule has 0 bridgehead atoms. The number of hydrogen-bond donors (Lipinski definition) is 1. The maximum atomic E-state index is 13.6. The van der Waals surface area contributed by atoms with Crippen molar-refractivity contribution in [2.24, 2.45) is 5.92 Å². The van der Waals surface area contributed by atoms with Gasteiger partial charge in [0.1, 0.15) is 10.7 Å². The lowest BCUT2D eigenvalue weighted by Gasteiger charge is -2.18. The van der Waals surface area contributed by atoms with Crippen LogP contribution in [0.15, 0.2) is 29.2 Å². The molecule has 1 aromatic rings. The Kier molecular flexibility index (Phi) is 4.58. The summed E-state index contributed by atoms with van der Waals surface area (Å²) in [6.07, 6.45) is 3.09. The highest BCUT2D eigenvalue weighted by atomic mass is 32.2. The molecule has 1 aromatic carbocycles. The first-order valence-corrected chi connectivity index (χ1v) is 8.40. The number of nitrogens with one attached hydrogen (secondary N) is 1. The van der Waals surface area contributed by atoms with Gasteiger partial charge in [-0.3, -0.25) is 0 Å². The molecule has 0 aromatic heterocycles. The van der Waals surface area contributed by atoms with Gasteiger partial charge in [-0.15, -0.1) is 0 Å². The van der Waals surface area contributed by atoms with Crippen molar-refractivity contribution in [2.45, 2.75) is 37.1 Å². The third-order valence-corrected chi connectivity index (χ3v) is 5.22. The van der Waals surface area contributed by atoms with Crippen molar-refractivity contribution in [3.8, 4) is 0 Å². The molecule has 106 valence electrons. The average molecular weight is 285 g/mol. The van der Waals surface area contributed by atoms with Gasteiger partial charge in [0.05, 0.1) is 5.75 Å². The van der Waals surface area contributed by atoms with E-state index >= 15 is 0 Å². The first-order valence-electron chi connectivity index (χ1n) is 6.75. The van der Waals surface area contributed by atoms with Crippen LogP contribution in [-0.2, 0) is 9.84 Å². The summed E-state index contributed by atoms with van der Waals surface area (Å²) in [5.41, 5.74) is 0. The van der Waals surface area contributed by atoms with Crippen LogP contribution in [0.1, 0.15) is 26.2 Å². The minimum atomic E-state index is -3.56. The molecule has 1 aliphatic carbocycles. The van der Waals surface area contributed by atoms with Crippen molar-refractivity contribution in [3.05, 3.63) is 30.1 Å². The second-order valence-electron chi connectivity index (χ2n) is 5.11. The second kappa shape index (κ2) is 6.01. The minimum Gasteiger partial charge on any atom is -0.313 e. The number of hydrogen-bond acceptors (Lipinski definition) is 3. The monoisotopic (exact) mass is 285 g/mol. The Bertz CT molecular complexity index is 526. The summed E-state index contributed by atoms with van der Waals surface area (Å²) in [7, 11) is -3.56. The van der Waals surface area contributed by atoms with Crippen molar-refractivity contribution in [1.82, 2.24) is 5.32 Å². The molecule has 1 N–H and O–H groups in total. The Morgan fingerprint density at radius 3 is 2.63 bits per heavy atom. The summed E-state index contributed by atoms with van der Waals surface area (Å²) >= 11 is 0. The van der Waals surface area contributed by atoms with Gasteiger partial charge in [-0.1, -0.05) is 19.1 Å². The lowest BCUT2D eigenvalue weighted by molar-refractivity contribution is 0.487. The summed E-state index contributed by atoms with van der Waals surface area (Å²) < 4.78 is 38.2. The van der Waals surface area contributed by atoms with Gasteiger partial charge in [0.2, 0.25) is 0 Å². The Morgan fingerprint density at radius 1 is 1.37 bits per heavy atom. The van der Waals surface area contributed by atoms with Gasteiger partial charge in [0.25, 0.3) is 0 Å². The third-order valence-electron chi connectivity index (χ3n) is 3.42. The molecule has 1 fully saturated rings. The molecule has 0 amide bonds. The Labute approximate surface area is 114 Å². The van der Waals surface area contributed by atoms with Crippen molar-refractivity contribution in [1.29, 1.82) is 0 Å². The van der Waals surface area contributed by atoms with Crippen LogP contribution >= 0.6 is 0 Å². The van der Waals surface area contributed by atoms with Crippen LogP contribution in [-0.4, -0.2) is 26.8 Å². The van der Waals surface area contributed by atoms with Crippen molar-refractivity contribution in [2.75, 3.05) is 12.3 Å². The van der Waals surface area contributed by atoms with E-state index in [1.807, 2.05) is 6.92 Å². The minimum absolute atomic E-state index is 0.0153. The first kappa shape index (κ1) is 14.5. The van der Waals surface area contributed by atoms with E-state index in [4.69, 9.17) is 0 Å². The normalized spacial score (nSPS) is 17.4. The predicted molar refractivity (Wildman–Crippen MR) is 73.3 cm³/mol. The smallest absolute Gasteiger partial charge is 0.182 e. The molecule has 5 heteroatoms. The molecule has 0 spiro atoms. The van der Waals surface area contributed by atoms with Gasteiger partial charge in [-0.2, -0.15) is 0 Å². The zero-order valence-corrected chi connectivity index (χ0v) is 11.9. The zero-order valence-electron chi connectivity index (χ0n) is 11.1. The van der Waals surface area contributed by atoms with E-state index in [2.05, 4.69) is 5.32 Å². The predicted octanol–water partition coefficient (Wildman–Crippen LogP) is 2.38. The summed E-state index contributed by atoms with van der Waals surface area (Å²) in [5.74, 6) is -0.251. The number of rotatable bonds is 7. The molecule has 19 heavy (non-hydrogen) atoms. The summed E-state index contributed by atoms with van der Waals surface area (Å²) in [5, 5.41) is 3.28. The van der Waals surface area contributed by atoms with Crippen LogP contribution in [0.5, 0.6) is 0 Å². The van der Waals surface area contributed by atoms with Gasteiger partial charge in [-0.05, 0) is 43.9 Å². The van der Waals surface area contributed by atoms with Crippen LogP contribution in [0.4, 0.5) is 4.39 Å². The number of sulfone groups is 1. The molecule has 2 rings (SSSR count). The highest BCUT2D eigenvalue weighted by Gasteiger charge is 2.35. The molecule has 1 unspecified atom stereocenters. The maximum Gasteiger partial charge on any atom is 0.182 e. The molecule has 0 saturated heterocycles. The third kappa shape index (κ3) is 3.76. The molecule has 3 nitrogen and oxygen atoms in total. The largest absolute Gasteiger partial charge is 0.313 e. The topological polar surface area (TPSA) is 46.2 Å². The fraction of sp³-hybridized carbons (Fsp3) is 0.571. The van der Waals surface area contributed by atoms with Crippen LogP contribution in [0.25, 0.3) is 0 Å². The molecular formula is C14H20FNO2S. The quantitative estimate of drug-likeness (QED) is 0.836. The summed E-state index contributed by atoms with van der Waals surface area (Å²) in [6.45, 7) is 2.84. The SMILES string of the molecule is CCCNC(CS(=O)(=O)c1ccccc1F)C1CC1. The first-order chi connectivity index (χ1) is 9.04. The summed E-state index contributed by atoms with van der Waals surface area (Å²) in [6, 6.07) is 5.54. The van der Waals surface area contributed by atoms with Gasteiger partial charge in [-0.25, -0.2) is 12.8 Å². The van der Waals surface area contributed by atoms with Gasteiger partial charge in [0.15, 0.2) is 9.84 Å². The van der Waals surface area contributed by atoms with Crippen molar-refractivity contribution >= 4 is 9.84 Å². The fourth-order valence-electron chi connectivity index (χ4n) is 2.21. The zero-order chi connectivity index (χ0) is 13.9. The number of benzene rings is 1. The number of halogens is 1. The molecule has 1 atom stereocenters. The standard InChI is InChI=1S/C14H20FNO2S/c1-2-9-16-13(11-7-8-11)10-19(17,18)14-6-4-3-5-12(14)15/h3-6,11,13,16H,2,7-10H2,1H3. The molecule has 0 heterocycles. The van der Waals surface area contributed by atoms with Gasteiger partial charge < -0.3 is 5.32 Å². The summed E-state index contributed by atoms with van der Waals surface area (Å²) in [4.78, 5) is -0.182. The van der Waals surface area contributed by atoms with Crippen LogP contribution < -0.4 is 5.32 Å². The Balaban J connectivity index is 2.13. The highest BCUT2D eigenvalue weighted by Crippen LogP contribution is 2.34. The van der Waals surface area contributed by atoms with Gasteiger partial charge in [0, 0.05) is 6.04 Å². The van der Waals surface area contributed by atoms with E-state index in [0.717, 1.165) is 25.8 Å².